The second kappa shape index (κ2) is 6.30. The molecule has 0 spiro atoms. The van der Waals surface area contributed by atoms with Crippen LogP contribution >= 0.6 is 23.2 Å². The van der Waals surface area contributed by atoms with Crippen LogP contribution in [0.1, 0.15) is 5.56 Å². The summed E-state index contributed by atoms with van der Waals surface area (Å²) in [5.74, 6) is -0.755. The van der Waals surface area contributed by atoms with Gasteiger partial charge in [-0.15, -0.1) is 0 Å². The zero-order chi connectivity index (χ0) is 17.4. The Morgan fingerprint density at radius 1 is 0.958 bits per heavy atom. The van der Waals surface area contributed by atoms with Crippen LogP contribution in [0, 0.1) is 0 Å². The van der Waals surface area contributed by atoms with Crippen molar-refractivity contribution in [3.05, 3.63) is 69.8 Å². The third-order valence-corrected chi connectivity index (χ3v) is 4.49. The summed E-state index contributed by atoms with van der Waals surface area (Å²) in [6, 6.07) is 14.2. The van der Waals surface area contributed by atoms with E-state index in [1.54, 1.807) is 30.1 Å². The molecule has 0 fully saturated rings. The van der Waals surface area contributed by atoms with Gasteiger partial charge in [0.05, 0.1) is 10.6 Å². The summed E-state index contributed by atoms with van der Waals surface area (Å²) >= 11 is 12.2. The lowest BCUT2D eigenvalue weighted by molar-refractivity contribution is -0.135. The Bertz CT molecular complexity index is 863. The van der Waals surface area contributed by atoms with Crippen molar-refractivity contribution in [2.24, 2.45) is 0 Å². The maximum absolute atomic E-state index is 12.6. The molecule has 2 aromatic rings. The fourth-order valence-electron chi connectivity index (χ4n) is 2.65. The van der Waals surface area contributed by atoms with Crippen molar-refractivity contribution in [2.45, 2.75) is 0 Å². The lowest BCUT2D eigenvalue weighted by Gasteiger charge is -2.21. The molecular formula is C18H14Cl2N2O2. The van der Waals surface area contributed by atoms with Gasteiger partial charge in [0.15, 0.2) is 0 Å². The normalized spacial score (nSPS) is 14.6. The van der Waals surface area contributed by atoms with Crippen molar-refractivity contribution in [1.82, 2.24) is 4.90 Å². The van der Waals surface area contributed by atoms with Gasteiger partial charge in [0.25, 0.3) is 11.8 Å². The molecule has 1 heterocycles. The maximum Gasteiger partial charge on any atom is 0.277 e. The highest BCUT2D eigenvalue weighted by Crippen LogP contribution is 2.36. The number of hydrogen-bond donors (Lipinski definition) is 0. The number of benzene rings is 2. The predicted octanol–water partition coefficient (Wildman–Crippen LogP) is 3.84. The van der Waals surface area contributed by atoms with Gasteiger partial charge in [0.2, 0.25) is 0 Å². The Kier molecular flexibility index (Phi) is 4.35. The Morgan fingerprint density at radius 2 is 1.62 bits per heavy atom. The lowest BCUT2D eigenvalue weighted by Crippen LogP contribution is -2.30. The predicted molar refractivity (Wildman–Crippen MR) is 96.0 cm³/mol. The molecule has 3 rings (SSSR count). The topological polar surface area (TPSA) is 40.6 Å². The van der Waals surface area contributed by atoms with Gasteiger partial charge in [-0.3, -0.25) is 14.5 Å². The van der Waals surface area contributed by atoms with E-state index < -0.39 is 0 Å². The van der Waals surface area contributed by atoms with Gasteiger partial charge >= 0.3 is 0 Å². The fourth-order valence-corrected chi connectivity index (χ4v) is 3.16. The molecule has 0 saturated carbocycles. The van der Waals surface area contributed by atoms with Gasteiger partial charge in [-0.2, -0.15) is 0 Å². The van der Waals surface area contributed by atoms with E-state index in [0.29, 0.717) is 15.6 Å². The number of likely N-dealkylation sites (N-methyl/N-ethyl adjacent to an activating group) is 2. The molecule has 2 amide bonds. The molecule has 4 nitrogen and oxygen atoms in total. The average Bonchev–Trinajstić information content (AvgIpc) is 2.79. The number of para-hydroxylation sites is 1. The summed E-state index contributed by atoms with van der Waals surface area (Å²) in [5.41, 5.74) is 1.85. The van der Waals surface area contributed by atoms with E-state index >= 15 is 0 Å². The van der Waals surface area contributed by atoms with E-state index in [2.05, 4.69) is 0 Å². The minimum Gasteiger partial charge on any atom is -0.339 e. The third-order valence-electron chi connectivity index (χ3n) is 3.94. The first-order chi connectivity index (χ1) is 11.4. The zero-order valence-electron chi connectivity index (χ0n) is 13.1. The van der Waals surface area contributed by atoms with Crippen molar-refractivity contribution in [3.8, 4) is 0 Å². The Labute approximate surface area is 149 Å². The molecule has 0 radical (unpaired) electrons. The van der Waals surface area contributed by atoms with Crippen LogP contribution in [0.5, 0.6) is 0 Å². The number of halogens is 2. The number of rotatable bonds is 3. The van der Waals surface area contributed by atoms with Crippen LogP contribution in [0.3, 0.4) is 0 Å². The summed E-state index contributed by atoms with van der Waals surface area (Å²) in [6.45, 7) is 0. The molecule has 2 aromatic carbocycles. The van der Waals surface area contributed by atoms with Gasteiger partial charge in [-0.25, -0.2) is 0 Å². The van der Waals surface area contributed by atoms with Crippen molar-refractivity contribution >= 4 is 46.3 Å². The third kappa shape index (κ3) is 2.68. The van der Waals surface area contributed by atoms with Crippen LogP contribution in [-0.4, -0.2) is 30.8 Å². The van der Waals surface area contributed by atoms with E-state index in [0.717, 1.165) is 10.6 Å². The minimum atomic E-state index is -0.387. The number of anilines is 1. The van der Waals surface area contributed by atoms with Crippen LogP contribution in [-0.2, 0) is 9.59 Å². The quantitative estimate of drug-likeness (QED) is 0.780. The number of hydrogen-bond acceptors (Lipinski definition) is 3. The number of nitrogens with zero attached hydrogens (tertiary/aromatic N) is 2. The zero-order valence-corrected chi connectivity index (χ0v) is 14.6. The maximum atomic E-state index is 12.6. The van der Waals surface area contributed by atoms with Crippen molar-refractivity contribution in [3.63, 3.8) is 0 Å². The molecule has 0 atom stereocenters. The molecule has 1 aliphatic heterocycles. The molecule has 0 aromatic heterocycles. The SMILES string of the molecule is CN1C(=O)C(c2ccc(Cl)cc2Cl)=C(N(C)c2ccccc2)C1=O. The van der Waals surface area contributed by atoms with Gasteiger partial charge in [0, 0.05) is 30.4 Å². The molecule has 0 bridgehead atoms. The smallest absolute Gasteiger partial charge is 0.277 e. The molecule has 0 aliphatic carbocycles. The number of imide groups is 1. The average molecular weight is 361 g/mol. The summed E-state index contributed by atoms with van der Waals surface area (Å²) in [7, 11) is 3.21. The van der Waals surface area contributed by atoms with Crippen LogP contribution in [0.2, 0.25) is 10.0 Å². The van der Waals surface area contributed by atoms with Crippen molar-refractivity contribution in [2.75, 3.05) is 19.0 Å². The van der Waals surface area contributed by atoms with E-state index in [1.807, 2.05) is 30.3 Å². The Hall–Kier alpha value is -2.30. The summed E-state index contributed by atoms with van der Waals surface area (Å²) in [6.07, 6.45) is 0. The van der Waals surface area contributed by atoms with E-state index in [1.165, 1.54) is 7.05 Å². The first kappa shape index (κ1) is 16.6. The first-order valence-electron chi connectivity index (χ1n) is 7.22. The van der Waals surface area contributed by atoms with E-state index in [-0.39, 0.29) is 23.1 Å². The first-order valence-corrected chi connectivity index (χ1v) is 7.98. The molecular weight excluding hydrogens is 347 g/mol. The largest absolute Gasteiger partial charge is 0.339 e. The molecule has 0 N–H and O–H groups in total. The molecule has 0 unspecified atom stereocenters. The van der Waals surface area contributed by atoms with Gasteiger partial charge in [0.1, 0.15) is 5.70 Å². The second-order valence-corrected chi connectivity index (χ2v) is 6.26. The molecule has 1 aliphatic rings. The van der Waals surface area contributed by atoms with Gasteiger partial charge in [-0.05, 0) is 24.3 Å². The van der Waals surface area contributed by atoms with E-state index in [9.17, 15) is 9.59 Å². The summed E-state index contributed by atoms with van der Waals surface area (Å²) in [5, 5.41) is 0.792. The standard InChI is InChI=1S/C18H14Cl2N2O2/c1-21(12-6-4-3-5-7-12)16-15(17(23)22(2)18(16)24)13-9-8-11(19)10-14(13)20/h3-10H,1-2H3. The summed E-state index contributed by atoms with van der Waals surface area (Å²) < 4.78 is 0. The van der Waals surface area contributed by atoms with Crippen molar-refractivity contribution in [1.29, 1.82) is 0 Å². The molecule has 0 saturated heterocycles. The van der Waals surface area contributed by atoms with Crippen LogP contribution in [0.15, 0.2) is 54.2 Å². The number of carbonyl (C=O) groups is 2. The highest BCUT2D eigenvalue weighted by molar-refractivity contribution is 6.41. The van der Waals surface area contributed by atoms with Gasteiger partial charge < -0.3 is 4.90 Å². The highest BCUT2D eigenvalue weighted by Gasteiger charge is 2.39. The fraction of sp³-hybridized carbons (Fsp3) is 0.111. The van der Waals surface area contributed by atoms with Crippen LogP contribution < -0.4 is 4.90 Å². The van der Waals surface area contributed by atoms with Crippen LogP contribution in [0.25, 0.3) is 5.57 Å². The monoisotopic (exact) mass is 360 g/mol. The Morgan fingerprint density at radius 3 is 2.25 bits per heavy atom. The van der Waals surface area contributed by atoms with Crippen molar-refractivity contribution < 1.29 is 9.59 Å². The minimum absolute atomic E-state index is 0.274. The summed E-state index contributed by atoms with van der Waals surface area (Å²) in [4.78, 5) is 28.0. The number of carbonyl (C=O) groups excluding carboxylic acids is 2. The van der Waals surface area contributed by atoms with Crippen LogP contribution in [0.4, 0.5) is 5.69 Å². The highest BCUT2D eigenvalue weighted by atomic mass is 35.5. The number of amides is 2. The Balaban J connectivity index is 2.21. The van der Waals surface area contributed by atoms with Gasteiger partial charge in [-0.1, -0.05) is 47.5 Å². The van der Waals surface area contributed by atoms with E-state index in [4.69, 9.17) is 23.2 Å². The second-order valence-electron chi connectivity index (χ2n) is 5.41. The lowest BCUT2D eigenvalue weighted by atomic mass is 10.0. The molecule has 122 valence electrons. The molecule has 24 heavy (non-hydrogen) atoms. The molecule has 6 heteroatoms.